The largest absolute Gasteiger partial charge is 0.465 e. The second-order valence-electron chi connectivity index (χ2n) is 4.39. The SMILES string of the molecule is CCC(=O)NOC(=O)c1ccc(C(=O)OC)cc1N(C)C. The summed E-state index contributed by atoms with van der Waals surface area (Å²) >= 11 is 0. The molecule has 0 bridgehead atoms. The molecule has 1 aromatic rings. The molecule has 1 rings (SSSR count). The zero-order valence-electron chi connectivity index (χ0n) is 12.4. The van der Waals surface area contributed by atoms with Gasteiger partial charge >= 0.3 is 11.9 Å². The van der Waals surface area contributed by atoms with Crippen molar-refractivity contribution in [3.63, 3.8) is 0 Å². The van der Waals surface area contributed by atoms with Crippen molar-refractivity contribution in [3.8, 4) is 0 Å². The predicted octanol–water partition coefficient (Wildman–Crippen LogP) is 1.14. The Balaban J connectivity index is 3.03. The number of ether oxygens (including phenoxy) is 1. The summed E-state index contributed by atoms with van der Waals surface area (Å²) in [6.07, 6.45) is 0.203. The van der Waals surface area contributed by atoms with Gasteiger partial charge in [0.2, 0.25) is 0 Å². The number of benzene rings is 1. The van der Waals surface area contributed by atoms with Gasteiger partial charge in [-0.3, -0.25) is 4.79 Å². The van der Waals surface area contributed by atoms with Gasteiger partial charge in [-0.05, 0) is 18.2 Å². The van der Waals surface area contributed by atoms with Crippen molar-refractivity contribution in [2.24, 2.45) is 0 Å². The molecule has 7 nitrogen and oxygen atoms in total. The summed E-state index contributed by atoms with van der Waals surface area (Å²) in [5.74, 6) is -1.62. The minimum atomic E-state index is -0.711. The Morgan fingerprint density at radius 1 is 1.19 bits per heavy atom. The summed E-state index contributed by atoms with van der Waals surface area (Å²) in [5.41, 5.74) is 3.07. The molecule has 0 aliphatic heterocycles. The molecule has 114 valence electrons. The first-order valence-electron chi connectivity index (χ1n) is 6.30. The average Bonchev–Trinajstić information content (AvgIpc) is 2.50. The number of hydrogen-bond donors (Lipinski definition) is 1. The van der Waals surface area contributed by atoms with Crippen LogP contribution in [0.15, 0.2) is 18.2 Å². The first kappa shape index (κ1) is 16.5. The second-order valence-corrected chi connectivity index (χ2v) is 4.39. The first-order chi connectivity index (χ1) is 9.90. The zero-order chi connectivity index (χ0) is 16.0. The summed E-state index contributed by atoms with van der Waals surface area (Å²) in [4.78, 5) is 40.9. The van der Waals surface area contributed by atoms with E-state index in [2.05, 4.69) is 4.74 Å². The molecule has 0 heterocycles. The number of rotatable bonds is 4. The van der Waals surface area contributed by atoms with E-state index >= 15 is 0 Å². The monoisotopic (exact) mass is 294 g/mol. The molecule has 0 saturated carbocycles. The quantitative estimate of drug-likeness (QED) is 0.662. The maximum atomic E-state index is 12.0. The maximum absolute atomic E-state index is 12.0. The third-order valence-electron chi connectivity index (χ3n) is 2.70. The third-order valence-corrected chi connectivity index (χ3v) is 2.70. The first-order valence-corrected chi connectivity index (χ1v) is 6.30. The maximum Gasteiger partial charge on any atom is 0.365 e. The van der Waals surface area contributed by atoms with Crippen LogP contribution >= 0.6 is 0 Å². The van der Waals surface area contributed by atoms with Gasteiger partial charge in [0.15, 0.2) is 0 Å². The Kier molecular flexibility index (Phi) is 5.71. The lowest BCUT2D eigenvalue weighted by atomic mass is 10.1. The number of nitrogens with zero attached hydrogens (tertiary/aromatic N) is 1. The van der Waals surface area contributed by atoms with Crippen molar-refractivity contribution in [2.75, 3.05) is 26.1 Å². The molecule has 0 unspecified atom stereocenters. The van der Waals surface area contributed by atoms with Crippen LogP contribution in [-0.4, -0.2) is 39.1 Å². The average molecular weight is 294 g/mol. The fourth-order valence-electron chi connectivity index (χ4n) is 1.55. The van der Waals surface area contributed by atoms with Crippen LogP contribution in [0.5, 0.6) is 0 Å². The molecule has 0 saturated heterocycles. The lowest BCUT2D eigenvalue weighted by Crippen LogP contribution is -2.27. The van der Waals surface area contributed by atoms with Gasteiger partial charge in [0.05, 0.1) is 23.9 Å². The molecule has 0 atom stereocenters. The lowest BCUT2D eigenvalue weighted by molar-refractivity contribution is -0.129. The van der Waals surface area contributed by atoms with E-state index in [1.807, 2.05) is 5.48 Å². The van der Waals surface area contributed by atoms with Crippen molar-refractivity contribution >= 4 is 23.5 Å². The molecule has 1 amide bonds. The number of amides is 1. The summed E-state index contributed by atoms with van der Waals surface area (Å²) in [6, 6.07) is 4.42. The van der Waals surface area contributed by atoms with E-state index in [4.69, 9.17) is 4.84 Å². The Labute approximate surface area is 122 Å². The molecular weight excluding hydrogens is 276 g/mol. The molecule has 1 aromatic carbocycles. The van der Waals surface area contributed by atoms with Crippen LogP contribution in [0.25, 0.3) is 0 Å². The highest BCUT2D eigenvalue weighted by Gasteiger charge is 2.18. The van der Waals surface area contributed by atoms with Gasteiger partial charge in [0.1, 0.15) is 0 Å². The molecule has 0 spiro atoms. The smallest absolute Gasteiger partial charge is 0.365 e. The summed E-state index contributed by atoms with van der Waals surface area (Å²) in [5, 5.41) is 0. The van der Waals surface area contributed by atoms with E-state index in [1.165, 1.54) is 25.3 Å². The molecule has 0 fully saturated rings. The molecule has 0 aliphatic rings. The van der Waals surface area contributed by atoms with Crippen molar-refractivity contribution in [1.82, 2.24) is 5.48 Å². The zero-order valence-corrected chi connectivity index (χ0v) is 12.4. The Hall–Kier alpha value is -2.57. The molecule has 0 aromatic heterocycles. The minimum Gasteiger partial charge on any atom is -0.465 e. The molecular formula is C14H18N2O5. The fourth-order valence-corrected chi connectivity index (χ4v) is 1.55. The summed E-state index contributed by atoms with van der Waals surface area (Å²) < 4.78 is 4.63. The van der Waals surface area contributed by atoms with Crippen molar-refractivity contribution in [3.05, 3.63) is 29.3 Å². The van der Waals surface area contributed by atoms with Gasteiger partial charge in [-0.25, -0.2) is 9.59 Å². The van der Waals surface area contributed by atoms with Crippen molar-refractivity contribution in [2.45, 2.75) is 13.3 Å². The van der Waals surface area contributed by atoms with Gasteiger partial charge in [0.25, 0.3) is 5.91 Å². The molecule has 1 N–H and O–H groups in total. The molecule has 0 radical (unpaired) electrons. The van der Waals surface area contributed by atoms with E-state index in [0.717, 1.165) is 0 Å². The van der Waals surface area contributed by atoms with Gasteiger partial charge in [0, 0.05) is 20.5 Å². The number of carbonyl (C=O) groups excluding carboxylic acids is 3. The van der Waals surface area contributed by atoms with Crippen molar-refractivity contribution < 1.29 is 24.0 Å². The normalized spacial score (nSPS) is 9.71. The number of anilines is 1. The fraction of sp³-hybridized carbons (Fsp3) is 0.357. The Morgan fingerprint density at radius 3 is 2.38 bits per heavy atom. The van der Waals surface area contributed by atoms with Gasteiger partial charge < -0.3 is 14.5 Å². The number of hydrogen-bond acceptors (Lipinski definition) is 6. The highest BCUT2D eigenvalue weighted by molar-refractivity contribution is 5.99. The third kappa shape index (κ3) is 4.20. The number of esters is 1. The van der Waals surface area contributed by atoms with E-state index in [9.17, 15) is 14.4 Å². The Morgan fingerprint density at radius 2 is 1.86 bits per heavy atom. The van der Waals surface area contributed by atoms with Crippen LogP contribution in [-0.2, 0) is 14.4 Å². The van der Waals surface area contributed by atoms with Crippen molar-refractivity contribution in [1.29, 1.82) is 0 Å². The highest BCUT2D eigenvalue weighted by Crippen LogP contribution is 2.21. The van der Waals surface area contributed by atoms with E-state index in [-0.39, 0.29) is 12.0 Å². The van der Waals surface area contributed by atoms with Crippen LogP contribution in [0, 0.1) is 0 Å². The topological polar surface area (TPSA) is 84.9 Å². The molecule has 21 heavy (non-hydrogen) atoms. The number of methoxy groups -OCH3 is 1. The molecule has 7 heteroatoms. The van der Waals surface area contributed by atoms with Crippen LogP contribution < -0.4 is 10.4 Å². The molecule has 0 aliphatic carbocycles. The summed E-state index contributed by atoms with van der Waals surface area (Å²) in [6.45, 7) is 1.64. The van der Waals surface area contributed by atoms with E-state index in [1.54, 1.807) is 25.9 Å². The van der Waals surface area contributed by atoms with Gasteiger partial charge in [-0.2, -0.15) is 5.48 Å². The van der Waals surface area contributed by atoms with Gasteiger partial charge in [-0.1, -0.05) is 6.92 Å². The van der Waals surface area contributed by atoms with E-state index < -0.39 is 17.8 Å². The second kappa shape index (κ2) is 7.28. The number of carbonyl (C=O) groups is 3. The minimum absolute atomic E-state index is 0.203. The van der Waals surface area contributed by atoms with Gasteiger partial charge in [-0.15, -0.1) is 0 Å². The van der Waals surface area contributed by atoms with Crippen LogP contribution in [0.4, 0.5) is 5.69 Å². The lowest BCUT2D eigenvalue weighted by Gasteiger charge is -2.17. The summed E-state index contributed by atoms with van der Waals surface area (Å²) in [7, 11) is 4.72. The Bertz CT molecular complexity index is 554. The van der Waals surface area contributed by atoms with E-state index in [0.29, 0.717) is 11.3 Å². The number of nitrogens with one attached hydrogen (secondary N) is 1. The number of hydroxylamine groups is 1. The van der Waals surface area contributed by atoms with Crippen LogP contribution in [0.3, 0.4) is 0 Å². The van der Waals surface area contributed by atoms with Crippen LogP contribution in [0.1, 0.15) is 34.1 Å². The van der Waals surface area contributed by atoms with Crippen LogP contribution in [0.2, 0.25) is 0 Å². The highest BCUT2D eigenvalue weighted by atomic mass is 16.7. The predicted molar refractivity (Wildman–Crippen MR) is 76.0 cm³/mol. The standard InChI is InChI=1S/C14H18N2O5/c1-5-12(17)15-21-14(19)10-7-6-9(13(18)20-4)8-11(10)16(2)3/h6-8H,5H2,1-4H3,(H,15,17).